The highest BCUT2D eigenvalue weighted by atomic mass is 19.4. The first-order chi connectivity index (χ1) is 15.9. The second kappa shape index (κ2) is 7.89. The first-order valence-corrected chi connectivity index (χ1v) is 9.73. The van der Waals surface area contributed by atoms with Crippen molar-refractivity contribution in [2.24, 2.45) is 0 Å². The summed E-state index contributed by atoms with van der Waals surface area (Å²) in [5.41, 5.74) is 2.81. The molecule has 0 saturated carbocycles. The fourth-order valence-electron chi connectivity index (χ4n) is 3.42. The number of tetrazole rings is 1. The van der Waals surface area contributed by atoms with E-state index in [1.54, 1.807) is 18.6 Å². The largest absolute Gasteiger partial charge is 0.416 e. The molecular formula is C21H15F3N8O. The highest BCUT2D eigenvalue weighted by molar-refractivity contribution is 6.03. The molecule has 3 heterocycles. The molecule has 3 N–H and O–H groups in total. The molecule has 1 amide bonds. The van der Waals surface area contributed by atoms with E-state index in [1.165, 1.54) is 16.8 Å². The number of H-pyrrole nitrogens is 2. The van der Waals surface area contributed by atoms with Gasteiger partial charge in [-0.15, -0.1) is 5.10 Å². The predicted octanol–water partition coefficient (Wildman–Crippen LogP) is 3.73. The lowest BCUT2D eigenvalue weighted by Crippen LogP contribution is -2.15. The van der Waals surface area contributed by atoms with Gasteiger partial charge in [-0.1, -0.05) is 6.07 Å². The maximum Gasteiger partial charge on any atom is 0.416 e. The van der Waals surface area contributed by atoms with E-state index in [2.05, 4.69) is 36.0 Å². The van der Waals surface area contributed by atoms with Crippen LogP contribution < -0.4 is 5.32 Å². The second-order valence-corrected chi connectivity index (χ2v) is 7.25. The number of hydrogen-bond donors (Lipinski definition) is 3. The van der Waals surface area contributed by atoms with E-state index < -0.39 is 11.7 Å². The van der Waals surface area contributed by atoms with Gasteiger partial charge in [-0.05, 0) is 52.4 Å². The summed E-state index contributed by atoms with van der Waals surface area (Å²) in [7, 11) is 0. The van der Waals surface area contributed by atoms with Gasteiger partial charge in [0.1, 0.15) is 0 Å². The third kappa shape index (κ3) is 4.18. The van der Waals surface area contributed by atoms with Crippen molar-refractivity contribution >= 4 is 22.5 Å². The van der Waals surface area contributed by atoms with Crippen LogP contribution in [0.25, 0.3) is 27.7 Å². The smallest absolute Gasteiger partial charge is 0.359 e. The van der Waals surface area contributed by atoms with E-state index in [9.17, 15) is 18.0 Å². The van der Waals surface area contributed by atoms with Crippen LogP contribution in [0.5, 0.6) is 0 Å². The second-order valence-electron chi connectivity index (χ2n) is 7.25. The van der Waals surface area contributed by atoms with Gasteiger partial charge in [-0.25, -0.2) is 9.78 Å². The summed E-state index contributed by atoms with van der Waals surface area (Å²) < 4.78 is 39.9. The van der Waals surface area contributed by atoms with Gasteiger partial charge in [0.25, 0.3) is 0 Å². The van der Waals surface area contributed by atoms with Gasteiger partial charge in [0, 0.05) is 28.9 Å². The summed E-state index contributed by atoms with van der Waals surface area (Å²) in [5, 5.41) is 21.0. The number of nitrogens with zero attached hydrogens (tertiary/aromatic N) is 5. The molecule has 12 heteroatoms. The minimum Gasteiger partial charge on any atom is -0.359 e. The Morgan fingerprint density at radius 3 is 2.64 bits per heavy atom. The van der Waals surface area contributed by atoms with E-state index in [0.29, 0.717) is 17.2 Å². The van der Waals surface area contributed by atoms with Crippen LogP contribution in [0, 0.1) is 0 Å². The average Bonchev–Trinajstić information content (AvgIpc) is 3.55. The minimum atomic E-state index is -4.39. The molecule has 0 fully saturated rings. The van der Waals surface area contributed by atoms with Crippen LogP contribution in [0.15, 0.2) is 61.1 Å². The number of nitrogens with one attached hydrogen (secondary N) is 3. The molecule has 9 nitrogen and oxygen atoms in total. The quantitative estimate of drug-likeness (QED) is 0.376. The molecule has 0 aliphatic rings. The van der Waals surface area contributed by atoms with Gasteiger partial charge >= 0.3 is 6.18 Å². The third-order valence-electron chi connectivity index (χ3n) is 5.05. The zero-order chi connectivity index (χ0) is 23.0. The normalized spacial score (nSPS) is 11.7. The summed E-state index contributed by atoms with van der Waals surface area (Å²) in [6.45, 7) is 0. The molecule has 5 aromatic rings. The number of aromatic nitrogens is 7. The number of amides is 1. The van der Waals surface area contributed by atoms with Crippen molar-refractivity contribution in [2.45, 2.75) is 12.6 Å². The number of halogens is 3. The number of carbonyl (C=O) groups is 1. The molecule has 0 saturated heterocycles. The van der Waals surface area contributed by atoms with Gasteiger partial charge < -0.3 is 10.3 Å². The summed E-state index contributed by atoms with van der Waals surface area (Å²) in [6, 6.07) is 10.4. The van der Waals surface area contributed by atoms with Crippen molar-refractivity contribution in [3.8, 4) is 16.8 Å². The van der Waals surface area contributed by atoms with Crippen LogP contribution in [0.2, 0.25) is 0 Å². The zero-order valence-corrected chi connectivity index (χ0v) is 16.8. The Morgan fingerprint density at radius 2 is 1.91 bits per heavy atom. The summed E-state index contributed by atoms with van der Waals surface area (Å²) in [4.78, 5) is 15.4. The zero-order valence-electron chi connectivity index (χ0n) is 16.8. The first kappa shape index (κ1) is 20.4. The average molecular weight is 452 g/mol. The lowest BCUT2D eigenvalue weighted by atomic mass is 10.1. The highest BCUT2D eigenvalue weighted by Gasteiger charge is 2.30. The molecule has 0 spiro atoms. The molecule has 0 aliphatic heterocycles. The van der Waals surface area contributed by atoms with Gasteiger partial charge in [0.05, 0.1) is 29.6 Å². The Balaban J connectivity index is 1.39. The monoisotopic (exact) mass is 452 g/mol. The number of anilines is 1. The maximum absolute atomic E-state index is 12.8. The van der Waals surface area contributed by atoms with E-state index in [0.717, 1.165) is 34.2 Å². The Labute approximate surface area is 183 Å². The van der Waals surface area contributed by atoms with Crippen molar-refractivity contribution in [3.63, 3.8) is 0 Å². The first-order valence-electron chi connectivity index (χ1n) is 9.73. The predicted molar refractivity (Wildman–Crippen MR) is 112 cm³/mol. The summed E-state index contributed by atoms with van der Waals surface area (Å²) >= 11 is 0. The number of alkyl halides is 3. The molecule has 0 unspecified atom stereocenters. The SMILES string of the molecule is O=C(Cc1nnn[nH]1)Nc1c[nH]c2ccc(-c3cnn(-c4ccc(C(F)(F)F)cc4)c3)cc12. The van der Waals surface area contributed by atoms with Crippen LogP contribution in [-0.2, 0) is 17.4 Å². The minimum absolute atomic E-state index is 0.000731. The van der Waals surface area contributed by atoms with Crippen molar-refractivity contribution in [1.82, 2.24) is 35.4 Å². The topological polar surface area (TPSA) is 117 Å². The molecule has 3 aromatic heterocycles. The third-order valence-corrected chi connectivity index (χ3v) is 5.05. The summed E-state index contributed by atoms with van der Waals surface area (Å²) in [5.74, 6) is 0.0682. The van der Waals surface area contributed by atoms with Crippen molar-refractivity contribution in [3.05, 3.63) is 72.4 Å². The fraction of sp³-hybridized carbons (Fsp3) is 0.0952. The van der Waals surface area contributed by atoms with E-state index in [-0.39, 0.29) is 12.3 Å². The van der Waals surface area contributed by atoms with Gasteiger partial charge in [0.15, 0.2) is 5.82 Å². The van der Waals surface area contributed by atoms with Crippen LogP contribution >= 0.6 is 0 Å². The molecule has 5 rings (SSSR count). The maximum atomic E-state index is 12.8. The van der Waals surface area contributed by atoms with Crippen molar-refractivity contribution in [2.75, 3.05) is 5.32 Å². The molecular weight excluding hydrogens is 437 g/mol. The Hall–Kier alpha value is -4.48. The molecule has 166 valence electrons. The van der Waals surface area contributed by atoms with E-state index >= 15 is 0 Å². The number of carbonyl (C=O) groups excluding carboxylic acids is 1. The highest BCUT2D eigenvalue weighted by Crippen LogP contribution is 2.31. The number of hydrogen-bond acceptors (Lipinski definition) is 5. The van der Waals surface area contributed by atoms with Gasteiger partial charge in [-0.2, -0.15) is 18.3 Å². The molecule has 0 atom stereocenters. The lowest BCUT2D eigenvalue weighted by molar-refractivity contribution is -0.137. The van der Waals surface area contributed by atoms with Crippen LogP contribution in [0.1, 0.15) is 11.4 Å². The van der Waals surface area contributed by atoms with Crippen LogP contribution in [0.3, 0.4) is 0 Å². The Kier molecular flexibility index (Phi) is 4.89. The molecule has 0 bridgehead atoms. The number of benzene rings is 2. The molecule has 2 aromatic carbocycles. The van der Waals surface area contributed by atoms with Crippen molar-refractivity contribution in [1.29, 1.82) is 0 Å². The molecule has 0 radical (unpaired) electrons. The van der Waals surface area contributed by atoms with Gasteiger partial charge in [-0.3, -0.25) is 4.79 Å². The van der Waals surface area contributed by atoms with Crippen molar-refractivity contribution < 1.29 is 18.0 Å². The number of fused-ring (bicyclic) bond motifs is 1. The number of rotatable bonds is 5. The molecule has 0 aliphatic carbocycles. The van der Waals surface area contributed by atoms with Gasteiger partial charge in [0.2, 0.25) is 5.91 Å². The van der Waals surface area contributed by atoms with Crippen LogP contribution in [-0.4, -0.2) is 41.3 Å². The number of aromatic amines is 2. The lowest BCUT2D eigenvalue weighted by Gasteiger charge is -2.07. The Morgan fingerprint density at radius 1 is 1.09 bits per heavy atom. The summed E-state index contributed by atoms with van der Waals surface area (Å²) in [6.07, 6.45) is 0.654. The van der Waals surface area contributed by atoms with Crippen LogP contribution in [0.4, 0.5) is 18.9 Å². The molecule has 33 heavy (non-hydrogen) atoms. The fourth-order valence-corrected chi connectivity index (χ4v) is 3.42. The standard InChI is InChI=1S/C21H15F3N8O/c22-21(23,24)14-2-4-15(5-3-14)32-11-13(9-26-32)12-1-6-17-16(7-12)18(10-25-17)27-20(33)8-19-28-30-31-29-19/h1-7,9-11,25H,8H2,(H,27,33)(H,28,29,30,31). The van der Waals surface area contributed by atoms with E-state index in [4.69, 9.17) is 0 Å². The van der Waals surface area contributed by atoms with E-state index in [1.807, 2.05) is 18.2 Å². The Bertz CT molecular complexity index is 1420.